The number of nitro benzene ring substituents is 1. The molecule has 0 saturated heterocycles. The molecular formula is C23H26N4O9. The van der Waals surface area contributed by atoms with Gasteiger partial charge in [0.05, 0.1) is 54.4 Å². The summed E-state index contributed by atoms with van der Waals surface area (Å²) in [6.45, 7) is 4.46. The van der Waals surface area contributed by atoms with Gasteiger partial charge in [-0.05, 0) is 12.1 Å². The summed E-state index contributed by atoms with van der Waals surface area (Å²) in [5.41, 5.74) is -0.652. The third-order valence-corrected chi connectivity index (χ3v) is 4.85. The lowest BCUT2D eigenvalue weighted by molar-refractivity contribution is -0.385. The summed E-state index contributed by atoms with van der Waals surface area (Å²) in [6, 6.07) is 4.70. The normalized spacial score (nSPS) is 10.3. The Morgan fingerprint density at radius 3 is 1.92 bits per heavy atom. The molecule has 0 spiro atoms. The zero-order chi connectivity index (χ0) is 27.2. The standard InChI is InChI=1S/C23H26N4O9/c1-11(2)21(29)25-16-10-18(27(32)33)20(35-5)7-13(16)22(30)26-17-9-15(24-12(3)28)14(23(31)36-6)8-19(17)34-4/h7-11H,1-6H3,(H,24,28)(H,25,29)(H,26,30). The highest BCUT2D eigenvalue weighted by Gasteiger charge is 2.26. The molecule has 3 amide bonds. The molecule has 0 heterocycles. The Labute approximate surface area is 206 Å². The van der Waals surface area contributed by atoms with Crippen molar-refractivity contribution in [3.63, 3.8) is 0 Å². The zero-order valence-electron chi connectivity index (χ0n) is 20.5. The molecule has 0 aliphatic carbocycles. The van der Waals surface area contributed by atoms with Crippen LogP contribution in [0.3, 0.4) is 0 Å². The Balaban J connectivity index is 2.63. The molecular weight excluding hydrogens is 476 g/mol. The number of hydrogen-bond donors (Lipinski definition) is 3. The Morgan fingerprint density at radius 2 is 1.42 bits per heavy atom. The van der Waals surface area contributed by atoms with Gasteiger partial charge in [-0.2, -0.15) is 0 Å². The lowest BCUT2D eigenvalue weighted by atomic mass is 10.1. The minimum atomic E-state index is -0.792. The zero-order valence-corrected chi connectivity index (χ0v) is 20.5. The summed E-state index contributed by atoms with van der Waals surface area (Å²) < 4.78 is 15.1. The van der Waals surface area contributed by atoms with E-state index in [9.17, 15) is 29.3 Å². The molecule has 0 aliphatic heterocycles. The van der Waals surface area contributed by atoms with Crippen molar-refractivity contribution < 1.29 is 38.3 Å². The fraction of sp³-hybridized carbons (Fsp3) is 0.304. The van der Waals surface area contributed by atoms with Gasteiger partial charge in [-0.3, -0.25) is 24.5 Å². The van der Waals surface area contributed by atoms with Crippen LogP contribution in [0.25, 0.3) is 0 Å². The first-order valence-electron chi connectivity index (χ1n) is 10.5. The van der Waals surface area contributed by atoms with Gasteiger partial charge in [0.1, 0.15) is 5.75 Å². The van der Waals surface area contributed by atoms with Gasteiger partial charge in [-0.15, -0.1) is 0 Å². The number of anilines is 3. The molecule has 36 heavy (non-hydrogen) atoms. The quantitative estimate of drug-likeness (QED) is 0.264. The topological polar surface area (TPSA) is 175 Å². The number of nitro groups is 1. The summed E-state index contributed by atoms with van der Waals surface area (Å²) in [6.07, 6.45) is 0. The highest BCUT2D eigenvalue weighted by molar-refractivity contribution is 6.12. The van der Waals surface area contributed by atoms with Gasteiger partial charge in [0.25, 0.3) is 5.91 Å². The molecule has 0 bridgehead atoms. The number of methoxy groups -OCH3 is 3. The molecule has 2 aromatic rings. The van der Waals surface area contributed by atoms with Crippen LogP contribution in [0.2, 0.25) is 0 Å². The van der Waals surface area contributed by atoms with Crippen LogP contribution in [0.4, 0.5) is 22.7 Å². The smallest absolute Gasteiger partial charge is 0.340 e. The maximum absolute atomic E-state index is 13.3. The minimum Gasteiger partial charge on any atom is -0.495 e. The summed E-state index contributed by atoms with van der Waals surface area (Å²) >= 11 is 0. The number of benzene rings is 2. The number of amides is 3. The van der Waals surface area contributed by atoms with Crippen LogP contribution in [-0.2, 0) is 14.3 Å². The van der Waals surface area contributed by atoms with Gasteiger partial charge in [0.15, 0.2) is 5.75 Å². The van der Waals surface area contributed by atoms with Crippen LogP contribution in [-0.4, -0.2) is 49.9 Å². The first-order valence-corrected chi connectivity index (χ1v) is 10.5. The van der Waals surface area contributed by atoms with Gasteiger partial charge in [0, 0.05) is 25.0 Å². The average molecular weight is 502 g/mol. The van der Waals surface area contributed by atoms with E-state index in [2.05, 4.69) is 16.0 Å². The van der Waals surface area contributed by atoms with Crippen LogP contribution < -0.4 is 25.4 Å². The first kappa shape index (κ1) is 27.6. The summed E-state index contributed by atoms with van der Waals surface area (Å²) in [5.74, 6) is -3.14. The van der Waals surface area contributed by atoms with Gasteiger partial charge < -0.3 is 30.2 Å². The maximum atomic E-state index is 13.3. The predicted molar refractivity (Wildman–Crippen MR) is 130 cm³/mol. The van der Waals surface area contributed by atoms with E-state index in [0.717, 1.165) is 19.2 Å². The highest BCUT2D eigenvalue weighted by atomic mass is 16.6. The molecule has 0 aromatic heterocycles. The molecule has 2 rings (SSSR count). The number of nitrogens with zero attached hydrogens (tertiary/aromatic N) is 1. The van der Waals surface area contributed by atoms with Crippen molar-refractivity contribution in [2.24, 2.45) is 5.92 Å². The number of ether oxygens (including phenoxy) is 3. The number of rotatable bonds is 9. The number of carbonyl (C=O) groups is 4. The molecule has 0 aliphatic rings. The molecule has 0 saturated carbocycles. The monoisotopic (exact) mass is 502 g/mol. The van der Waals surface area contributed by atoms with Crippen LogP contribution >= 0.6 is 0 Å². The highest BCUT2D eigenvalue weighted by Crippen LogP contribution is 2.36. The SMILES string of the molecule is COC(=O)c1cc(OC)c(NC(=O)c2cc(OC)c([N+](=O)[O-])cc2NC(=O)C(C)C)cc1NC(C)=O. The molecule has 0 unspecified atom stereocenters. The van der Waals surface area contributed by atoms with Gasteiger partial charge in [0.2, 0.25) is 11.8 Å². The third kappa shape index (κ3) is 6.25. The summed E-state index contributed by atoms with van der Waals surface area (Å²) in [7, 11) is 3.66. The Morgan fingerprint density at radius 1 is 0.833 bits per heavy atom. The largest absolute Gasteiger partial charge is 0.495 e. The van der Waals surface area contributed by atoms with Crippen molar-refractivity contribution >= 4 is 46.4 Å². The molecule has 13 nitrogen and oxygen atoms in total. The van der Waals surface area contributed by atoms with Crippen LogP contribution in [0.5, 0.6) is 11.5 Å². The van der Waals surface area contributed by atoms with Crippen molar-refractivity contribution in [3.05, 3.63) is 45.5 Å². The van der Waals surface area contributed by atoms with E-state index in [0.29, 0.717) is 0 Å². The molecule has 192 valence electrons. The molecule has 0 fully saturated rings. The van der Waals surface area contributed by atoms with Crippen LogP contribution in [0.15, 0.2) is 24.3 Å². The van der Waals surface area contributed by atoms with E-state index < -0.39 is 40.2 Å². The fourth-order valence-corrected chi connectivity index (χ4v) is 3.05. The van der Waals surface area contributed by atoms with Gasteiger partial charge in [-0.25, -0.2) is 4.79 Å². The second-order valence-corrected chi connectivity index (χ2v) is 7.70. The van der Waals surface area contributed by atoms with Crippen molar-refractivity contribution in [1.82, 2.24) is 0 Å². The minimum absolute atomic E-state index is 0.0237. The molecule has 0 atom stereocenters. The van der Waals surface area contributed by atoms with Crippen molar-refractivity contribution in [1.29, 1.82) is 0 Å². The predicted octanol–water partition coefficient (Wildman–Crippen LogP) is 3.20. The number of hydrogen-bond acceptors (Lipinski definition) is 9. The van der Waals surface area contributed by atoms with E-state index in [1.165, 1.54) is 33.3 Å². The van der Waals surface area contributed by atoms with E-state index in [-0.39, 0.29) is 39.7 Å². The van der Waals surface area contributed by atoms with Gasteiger partial charge in [-0.1, -0.05) is 13.8 Å². The molecule has 0 radical (unpaired) electrons. The van der Waals surface area contributed by atoms with E-state index in [4.69, 9.17) is 14.2 Å². The Hall–Kier alpha value is -4.68. The second-order valence-electron chi connectivity index (χ2n) is 7.70. The van der Waals surface area contributed by atoms with Crippen molar-refractivity contribution in [3.8, 4) is 11.5 Å². The second kappa shape index (κ2) is 11.6. The number of carbonyl (C=O) groups excluding carboxylic acids is 4. The van der Waals surface area contributed by atoms with Gasteiger partial charge >= 0.3 is 11.7 Å². The Kier molecular flexibility index (Phi) is 8.91. The van der Waals surface area contributed by atoms with E-state index >= 15 is 0 Å². The number of nitrogens with one attached hydrogen (secondary N) is 3. The number of esters is 1. The average Bonchev–Trinajstić information content (AvgIpc) is 2.82. The van der Waals surface area contributed by atoms with Crippen LogP contribution in [0.1, 0.15) is 41.5 Å². The lowest BCUT2D eigenvalue weighted by Crippen LogP contribution is -2.22. The molecule has 13 heteroatoms. The summed E-state index contributed by atoms with van der Waals surface area (Å²) in [5, 5.41) is 19.0. The van der Waals surface area contributed by atoms with Crippen molar-refractivity contribution in [2.45, 2.75) is 20.8 Å². The van der Waals surface area contributed by atoms with E-state index in [1.807, 2.05) is 0 Å². The third-order valence-electron chi connectivity index (χ3n) is 4.85. The molecule has 3 N–H and O–H groups in total. The van der Waals surface area contributed by atoms with Crippen LogP contribution in [0, 0.1) is 16.0 Å². The van der Waals surface area contributed by atoms with E-state index in [1.54, 1.807) is 13.8 Å². The maximum Gasteiger partial charge on any atom is 0.340 e. The lowest BCUT2D eigenvalue weighted by Gasteiger charge is -2.17. The first-order chi connectivity index (χ1) is 16.9. The molecule has 2 aromatic carbocycles. The Bertz CT molecular complexity index is 1220. The summed E-state index contributed by atoms with van der Waals surface area (Å²) in [4.78, 5) is 60.2. The fourth-order valence-electron chi connectivity index (χ4n) is 3.05. The van der Waals surface area contributed by atoms with Crippen molar-refractivity contribution in [2.75, 3.05) is 37.3 Å².